The number of nitrogens with zero attached hydrogens (tertiary/aromatic N) is 1. The lowest BCUT2D eigenvalue weighted by Gasteiger charge is -2.31. The van der Waals surface area contributed by atoms with Gasteiger partial charge in [-0.3, -0.25) is 9.59 Å². The Balaban J connectivity index is 1.35. The van der Waals surface area contributed by atoms with Crippen molar-refractivity contribution in [3.63, 3.8) is 0 Å². The number of benzene rings is 1. The molecule has 0 unspecified atom stereocenters. The fourth-order valence-electron chi connectivity index (χ4n) is 3.64. The van der Waals surface area contributed by atoms with E-state index < -0.39 is 0 Å². The Morgan fingerprint density at radius 1 is 1.22 bits per heavy atom. The monoisotopic (exact) mass is 381 g/mol. The highest BCUT2D eigenvalue weighted by Crippen LogP contribution is 2.21. The molecule has 0 aliphatic carbocycles. The van der Waals surface area contributed by atoms with Crippen LogP contribution in [0.1, 0.15) is 28.2 Å². The van der Waals surface area contributed by atoms with Crippen LogP contribution in [0.5, 0.6) is 0 Å². The summed E-state index contributed by atoms with van der Waals surface area (Å²) in [6, 6.07) is 13.9. The molecule has 0 bridgehead atoms. The summed E-state index contributed by atoms with van der Waals surface area (Å²) in [7, 11) is 0. The quantitative estimate of drug-likeness (QED) is 0.711. The third-order valence-corrected chi connectivity index (χ3v) is 6.03. The topological polar surface area (TPSA) is 65.2 Å². The van der Waals surface area contributed by atoms with E-state index in [2.05, 4.69) is 16.4 Å². The lowest BCUT2D eigenvalue weighted by molar-refractivity contribution is -0.126. The van der Waals surface area contributed by atoms with Crippen LogP contribution >= 0.6 is 11.3 Å². The van der Waals surface area contributed by atoms with E-state index in [0.29, 0.717) is 25.3 Å². The maximum absolute atomic E-state index is 12.9. The number of carbonyl (C=O) groups excluding carboxylic acids is 2. The molecule has 3 heterocycles. The van der Waals surface area contributed by atoms with E-state index in [1.54, 1.807) is 16.2 Å². The summed E-state index contributed by atoms with van der Waals surface area (Å²) in [5.74, 6) is -0.0987. The molecule has 3 aromatic rings. The fraction of sp³-hybridized carbons (Fsp3) is 0.333. The molecule has 0 saturated carbocycles. The molecule has 5 nitrogen and oxygen atoms in total. The number of aromatic amines is 1. The second kappa shape index (κ2) is 7.96. The van der Waals surface area contributed by atoms with E-state index in [4.69, 9.17) is 0 Å². The van der Waals surface area contributed by atoms with Gasteiger partial charge in [-0.05, 0) is 42.8 Å². The summed E-state index contributed by atoms with van der Waals surface area (Å²) in [6.07, 6.45) is 2.55. The van der Waals surface area contributed by atoms with Gasteiger partial charge in [0.05, 0.1) is 5.92 Å². The molecule has 2 amide bonds. The number of aromatic nitrogens is 1. The molecular weight excluding hydrogens is 358 g/mol. The van der Waals surface area contributed by atoms with Gasteiger partial charge in [0.2, 0.25) is 5.91 Å². The van der Waals surface area contributed by atoms with Gasteiger partial charge in [-0.2, -0.15) is 0 Å². The molecule has 1 aliphatic heterocycles. The number of thiophene rings is 1. The predicted molar refractivity (Wildman–Crippen MR) is 108 cm³/mol. The number of carbonyl (C=O) groups is 2. The Morgan fingerprint density at radius 2 is 2.11 bits per heavy atom. The SMILES string of the molecule is O=C(NCCc1cccs1)[C@H]1CCCN(C(=O)c2cc3ccccc3[nH]2)C1. The van der Waals surface area contributed by atoms with Gasteiger partial charge >= 0.3 is 0 Å². The highest BCUT2D eigenvalue weighted by atomic mass is 32.1. The number of amides is 2. The summed E-state index contributed by atoms with van der Waals surface area (Å²) in [5.41, 5.74) is 1.55. The summed E-state index contributed by atoms with van der Waals surface area (Å²) in [4.78, 5) is 31.7. The van der Waals surface area contributed by atoms with Crippen LogP contribution in [0.2, 0.25) is 0 Å². The average Bonchev–Trinajstić information content (AvgIpc) is 3.37. The van der Waals surface area contributed by atoms with Gasteiger partial charge in [0, 0.05) is 35.4 Å². The Labute approximate surface area is 162 Å². The van der Waals surface area contributed by atoms with Crippen molar-refractivity contribution in [1.82, 2.24) is 15.2 Å². The minimum Gasteiger partial charge on any atom is -0.355 e. The van der Waals surface area contributed by atoms with Gasteiger partial charge in [0.25, 0.3) is 5.91 Å². The molecule has 2 N–H and O–H groups in total. The lowest BCUT2D eigenvalue weighted by Crippen LogP contribution is -2.45. The number of likely N-dealkylation sites (tertiary alicyclic amines) is 1. The van der Waals surface area contributed by atoms with E-state index in [9.17, 15) is 9.59 Å². The standard InChI is InChI=1S/C21H23N3O2S/c25-20(22-10-9-17-7-4-12-27-17)16-6-3-11-24(14-16)21(26)19-13-15-5-1-2-8-18(15)23-19/h1-2,4-5,7-8,12-13,16,23H,3,6,9-11,14H2,(H,22,25)/t16-/m0/s1. The Morgan fingerprint density at radius 3 is 2.93 bits per heavy atom. The van der Waals surface area contributed by atoms with E-state index >= 15 is 0 Å². The van der Waals surface area contributed by atoms with Crippen LogP contribution in [0.25, 0.3) is 10.9 Å². The van der Waals surface area contributed by atoms with Crippen LogP contribution in [-0.4, -0.2) is 41.3 Å². The number of hydrogen-bond acceptors (Lipinski definition) is 3. The van der Waals surface area contributed by atoms with Crippen LogP contribution in [-0.2, 0) is 11.2 Å². The average molecular weight is 382 g/mol. The second-order valence-electron chi connectivity index (χ2n) is 6.98. The molecule has 0 spiro atoms. The van der Waals surface area contributed by atoms with Crippen molar-refractivity contribution >= 4 is 34.1 Å². The van der Waals surface area contributed by atoms with Crippen LogP contribution in [0.3, 0.4) is 0 Å². The van der Waals surface area contributed by atoms with Crippen molar-refractivity contribution in [3.05, 3.63) is 58.4 Å². The van der Waals surface area contributed by atoms with Crippen molar-refractivity contribution < 1.29 is 9.59 Å². The molecule has 4 rings (SSSR count). The highest BCUT2D eigenvalue weighted by molar-refractivity contribution is 7.09. The van der Waals surface area contributed by atoms with Crippen molar-refractivity contribution in [2.75, 3.05) is 19.6 Å². The Kier molecular flexibility index (Phi) is 5.25. The number of H-pyrrole nitrogens is 1. The predicted octanol–water partition coefficient (Wildman–Crippen LogP) is 3.44. The molecule has 1 aliphatic rings. The van der Waals surface area contributed by atoms with Gasteiger partial charge in [-0.1, -0.05) is 24.3 Å². The summed E-state index contributed by atoms with van der Waals surface area (Å²) < 4.78 is 0. The number of hydrogen-bond donors (Lipinski definition) is 2. The van der Waals surface area contributed by atoms with E-state index in [0.717, 1.165) is 30.2 Å². The Hall–Kier alpha value is -2.60. The summed E-state index contributed by atoms with van der Waals surface area (Å²) >= 11 is 1.71. The van der Waals surface area contributed by atoms with Crippen molar-refractivity contribution in [1.29, 1.82) is 0 Å². The zero-order valence-electron chi connectivity index (χ0n) is 15.1. The van der Waals surface area contributed by atoms with Gasteiger partial charge < -0.3 is 15.2 Å². The number of nitrogens with one attached hydrogen (secondary N) is 2. The number of para-hydroxylation sites is 1. The maximum Gasteiger partial charge on any atom is 0.270 e. The minimum absolute atomic E-state index is 0.0257. The summed E-state index contributed by atoms with van der Waals surface area (Å²) in [6.45, 7) is 1.83. The third-order valence-electron chi connectivity index (χ3n) is 5.09. The zero-order valence-corrected chi connectivity index (χ0v) is 15.9. The van der Waals surface area contributed by atoms with Gasteiger partial charge in [0.1, 0.15) is 5.69 Å². The van der Waals surface area contributed by atoms with Gasteiger partial charge in [0.15, 0.2) is 0 Å². The lowest BCUT2D eigenvalue weighted by atomic mass is 9.97. The third kappa shape index (κ3) is 4.06. The minimum atomic E-state index is -0.129. The molecule has 27 heavy (non-hydrogen) atoms. The first-order valence-electron chi connectivity index (χ1n) is 9.38. The van der Waals surface area contributed by atoms with Crippen molar-refractivity contribution in [3.8, 4) is 0 Å². The smallest absolute Gasteiger partial charge is 0.270 e. The van der Waals surface area contributed by atoms with Crippen LogP contribution in [0.4, 0.5) is 0 Å². The van der Waals surface area contributed by atoms with Crippen molar-refractivity contribution in [2.24, 2.45) is 5.92 Å². The van der Waals surface area contributed by atoms with Crippen LogP contribution < -0.4 is 5.32 Å². The summed E-state index contributed by atoms with van der Waals surface area (Å²) in [5, 5.41) is 6.11. The normalized spacial score (nSPS) is 17.2. The second-order valence-corrected chi connectivity index (χ2v) is 8.01. The van der Waals surface area contributed by atoms with E-state index in [1.165, 1.54) is 4.88 Å². The molecule has 140 valence electrons. The highest BCUT2D eigenvalue weighted by Gasteiger charge is 2.29. The molecule has 2 aromatic heterocycles. The molecule has 6 heteroatoms. The first kappa shape index (κ1) is 17.8. The first-order valence-corrected chi connectivity index (χ1v) is 10.3. The first-order chi connectivity index (χ1) is 13.2. The van der Waals surface area contributed by atoms with E-state index in [1.807, 2.05) is 41.8 Å². The molecule has 1 aromatic carbocycles. The van der Waals surface area contributed by atoms with Crippen LogP contribution in [0.15, 0.2) is 47.8 Å². The van der Waals surface area contributed by atoms with Gasteiger partial charge in [-0.15, -0.1) is 11.3 Å². The maximum atomic E-state index is 12.9. The van der Waals surface area contributed by atoms with E-state index in [-0.39, 0.29) is 17.7 Å². The van der Waals surface area contributed by atoms with Crippen molar-refractivity contribution in [2.45, 2.75) is 19.3 Å². The molecule has 0 radical (unpaired) electrons. The Bertz CT molecular complexity index is 899. The molecule has 1 saturated heterocycles. The van der Waals surface area contributed by atoms with Crippen LogP contribution in [0, 0.1) is 5.92 Å². The number of rotatable bonds is 5. The van der Waals surface area contributed by atoms with Gasteiger partial charge in [-0.25, -0.2) is 0 Å². The largest absolute Gasteiger partial charge is 0.355 e. The fourth-order valence-corrected chi connectivity index (χ4v) is 4.35. The molecule has 1 fully saturated rings. The number of piperidine rings is 1. The number of fused-ring (bicyclic) bond motifs is 1. The zero-order chi connectivity index (χ0) is 18.6. The molecular formula is C21H23N3O2S. The molecule has 1 atom stereocenters.